The second-order valence-corrected chi connectivity index (χ2v) is 8.62. The van der Waals surface area contributed by atoms with E-state index >= 15 is 0 Å². The van der Waals surface area contributed by atoms with Gasteiger partial charge < -0.3 is 10.1 Å². The van der Waals surface area contributed by atoms with Gasteiger partial charge in [0.25, 0.3) is 0 Å². The SMILES string of the molecule is CCNc1ccnc2c(-c3ccc(OCC(F)(F)C(F)(F)F)nn3)c(S(=O)(=O)CC)nn12. The Bertz CT molecular complexity index is 1210. The van der Waals surface area contributed by atoms with Gasteiger partial charge in [-0.25, -0.2) is 13.4 Å². The molecule has 0 saturated heterocycles. The monoisotopic (exact) mass is 480 g/mol. The summed E-state index contributed by atoms with van der Waals surface area (Å²) in [6, 6.07) is 3.75. The third-order valence-electron chi connectivity index (χ3n) is 4.23. The quantitative estimate of drug-likeness (QED) is 0.490. The van der Waals surface area contributed by atoms with E-state index in [4.69, 9.17) is 0 Å². The fraction of sp³-hybridized carbons (Fsp3) is 0.412. The van der Waals surface area contributed by atoms with Gasteiger partial charge in [0.05, 0.1) is 11.3 Å². The van der Waals surface area contributed by atoms with Crippen LogP contribution in [0.2, 0.25) is 0 Å². The average Bonchev–Trinajstić information content (AvgIpc) is 3.14. The molecule has 0 saturated carbocycles. The Morgan fingerprint density at radius 3 is 2.38 bits per heavy atom. The van der Waals surface area contributed by atoms with Crippen LogP contribution in [0.3, 0.4) is 0 Å². The molecule has 0 radical (unpaired) electrons. The number of hydrogen-bond acceptors (Lipinski definition) is 8. The topological polar surface area (TPSA) is 111 Å². The summed E-state index contributed by atoms with van der Waals surface area (Å²) in [5.74, 6) is -5.50. The standard InChI is InChI=1S/C17H17F5N6O3S/c1-3-23-11-7-8-24-14-13(15(27-28(11)14)32(29,30)4-2)10-5-6-12(26-25-10)31-9-16(18,19)17(20,21)22/h5-8,23H,3-4,9H2,1-2H3. The van der Waals surface area contributed by atoms with Gasteiger partial charge in [-0.1, -0.05) is 6.92 Å². The van der Waals surface area contributed by atoms with Crippen LogP contribution in [0, 0.1) is 0 Å². The van der Waals surface area contributed by atoms with Crippen LogP contribution in [-0.2, 0) is 9.84 Å². The second-order valence-electron chi connectivity index (χ2n) is 6.43. The first-order valence-electron chi connectivity index (χ1n) is 9.17. The molecule has 1 N–H and O–H groups in total. The van der Waals surface area contributed by atoms with Crippen LogP contribution < -0.4 is 10.1 Å². The molecule has 0 aliphatic heterocycles. The first-order valence-corrected chi connectivity index (χ1v) is 10.8. The zero-order chi connectivity index (χ0) is 23.7. The Hall–Kier alpha value is -3.10. The van der Waals surface area contributed by atoms with E-state index in [1.54, 1.807) is 6.07 Å². The van der Waals surface area contributed by atoms with E-state index in [0.717, 1.165) is 6.07 Å². The number of nitrogens with zero attached hydrogens (tertiary/aromatic N) is 5. The van der Waals surface area contributed by atoms with Crippen LogP contribution in [0.25, 0.3) is 16.9 Å². The zero-order valence-electron chi connectivity index (χ0n) is 16.7. The van der Waals surface area contributed by atoms with Gasteiger partial charge in [0.2, 0.25) is 5.88 Å². The van der Waals surface area contributed by atoms with E-state index < -0.39 is 34.4 Å². The number of hydrogen-bond donors (Lipinski definition) is 1. The highest BCUT2D eigenvalue weighted by Gasteiger charge is 2.58. The van der Waals surface area contributed by atoms with Gasteiger partial charge in [0, 0.05) is 18.8 Å². The van der Waals surface area contributed by atoms with Crippen LogP contribution in [0.1, 0.15) is 13.8 Å². The van der Waals surface area contributed by atoms with E-state index in [2.05, 4.69) is 30.3 Å². The molecule has 0 aliphatic carbocycles. The number of rotatable bonds is 8. The summed E-state index contributed by atoms with van der Waals surface area (Å²) in [5.41, 5.74) is 0.0939. The predicted molar refractivity (Wildman–Crippen MR) is 102 cm³/mol. The molecular weight excluding hydrogens is 463 g/mol. The number of nitrogens with one attached hydrogen (secondary N) is 1. The van der Waals surface area contributed by atoms with Crippen LogP contribution in [0.4, 0.5) is 27.8 Å². The van der Waals surface area contributed by atoms with Crippen molar-refractivity contribution in [1.29, 1.82) is 0 Å². The van der Waals surface area contributed by atoms with E-state index in [1.807, 2.05) is 6.92 Å². The minimum absolute atomic E-state index is 0.00581. The van der Waals surface area contributed by atoms with Gasteiger partial charge in [0.15, 0.2) is 27.1 Å². The second kappa shape index (κ2) is 8.44. The molecule has 0 aliphatic rings. The van der Waals surface area contributed by atoms with Gasteiger partial charge in [-0.15, -0.1) is 10.2 Å². The maximum absolute atomic E-state index is 13.0. The molecular formula is C17H17F5N6O3S. The maximum Gasteiger partial charge on any atom is 0.456 e. The lowest BCUT2D eigenvalue weighted by atomic mass is 10.2. The summed E-state index contributed by atoms with van der Waals surface area (Å²) in [5, 5.41) is 14.1. The molecule has 0 unspecified atom stereocenters. The van der Waals surface area contributed by atoms with E-state index in [9.17, 15) is 30.4 Å². The number of alkyl halides is 5. The molecule has 3 heterocycles. The molecule has 3 aromatic heterocycles. The fourth-order valence-corrected chi connectivity index (χ4v) is 3.58. The van der Waals surface area contributed by atoms with Gasteiger partial charge in [-0.3, -0.25) is 0 Å². The lowest BCUT2D eigenvalue weighted by molar-refractivity contribution is -0.290. The van der Waals surface area contributed by atoms with Crippen LogP contribution in [-0.4, -0.2) is 64.2 Å². The Morgan fingerprint density at radius 1 is 1.09 bits per heavy atom. The Balaban J connectivity index is 2.04. The third-order valence-corrected chi connectivity index (χ3v) is 5.87. The lowest BCUT2D eigenvalue weighted by Crippen LogP contribution is -2.41. The summed E-state index contributed by atoms with van der Waals surface area (Å²) < 4.78 is 93.8. The van der Waals surface area contributed by atoms with Gasteiger partial charge in [-0.2, -0.15) is 31.6 Å². The Kier molecular flexibility index (Phi) is 6.22. The molecule has 0 atom stereocenters. The minimum atomic E-state index is -5.78. The molecule has 0 aromatic carbocycles. The maximum atomic E-state index is 13.0. The van der Waals surface area contributed by atoms with Crippen molar-refractivity contribution < 1.29 is 35.1 Å². The molecule has 9 nitrogen and oxygen atoms in total. The largest absolute Gasteiger partial charge is 0.470 e. The van der Waals surface area contributed by atoms with Crippen LogP contribution >= 0.6 is 0 Å². The average molecular weight is 480 g/mol. The molecule has 3 aromatic rings. The third kappa shape index (κ3) is 4.42. The highest BCUT2D eigenvalue weighted by Crippen LogP contribution is 2.36. The molecule has 0 fully saturated rings. The first-order chi connectivity index (χ1) is 14.9. The highest BCUT2D eigenvalue weighted by molar-refractivity contribution is 7.91. The van der Waals surface area contributed by atoms with Crippen molar-refractivity contribution in [1.82, 2.24) is 24.8 Å². The van der Waals surface area contributed by atoms with Crippen molar-refractivity contribution >= 4 is 21.3 Å². The van der Waals surface area contributed by atoms with Crippen LogP contribution in [0.5, 0.6) is 5.88 Å². The number of fused-ring (bicyclic) bond motifs is 1. The molecule has 0 amide bonds. The van der Waals surface area contributed by atoms with Crippen molar-refractivity contribution in [3.63, 3.8) is 0 Å². The number of sulfone groups is 1. The molecule has 32 heavy (non-hydrogen) atoms. The van der Waals surface area contributed by atoms with Crippen molar-refractivity contribution in [2.24, 2.45) is 0 Å². The van der Waals surface area contributed by atoms with E-state index in [0.29, 0.717) is 12.4 Å². The van der Waals surface area contributed by atoms with E-state index in [1.165, 1.54) is 23.7 Å². The number of anilines is 1. The first kappa shape index (κ1) is 23.6. The number of aromatic nitrogens is 5. The summed E-state index contributed by atoms with van der Waals surface area (Å²) in [6.45, 7) is 1.78. The Labute approximate surface area is 178 Å². The van der Waals surface area contributed by atoms with Gasteiger partial charge in [0.1, 0.15) is 11.5 Å². The molecule has 174 valence electrons. The van der Waals surface area contributed by atoms with Crippen molar-refractivity contribution in [2.75, 3.05) is 24.2 Å². The summed E-state index contributed by atoms with van der Waals surface area (Å²) in [7, 11) is -3.85. The van der Waals surface area contributed by atoms with Crippen LogP contribution in [0.15, 0.2) is 29.4 Å². The predicted octanol–water partition coefficient (Wildman–Crippen LogP) is 2.99. The Morgan fingerprint density at radius 2 is 1.81 bits per heavy atom. The highest BCUT2D eigenvalue weighted by atomic mass is 32.2. The summed E-state index contributed by atoms with van der Waals surface area (Å²) in [6.07, 6.45) is -4.36. The van der Waals surface area contributed by atoms with Crippen molar-refractivity contribution in [3.8, 4) is 17.1 Å². The zero-order valence-corrected chi connectivity index (χ0v) is 17.5. The number of halogens is 5. The number of ether oxygens (including phenoxy) is 1. The summed E-state index contributed by atoms with van der Waals surface area (Å²) >= 11 is 0. The van der Waals surface area contributed by atoms with Crippen molar-refractivity contribution in [3.05, 3.63) is 24.4 Å². The summed E-state index contributed by atoms with van der Waals surface area (Å²) in [4.78, 5) is 4.16. The van der Waals surface area contributed by atoms with Crippen molar-refractivity contribution in [2.45, 2.75) is 31.0 Å². The van der Waals surface area contributed by atoms with E-state index in [-0.39, 0.29) is 27.7 Å². The molecule has 15 heteroatoms. The molecule has 3 rings (SSSR count). The minimum Gasteiger partial charge on any atom is -0.470 e. The fourth-order valence-electron chi connectivity index (χ4n) is 2.60. The van der Waals surface area contributed by atoms with Gasteiger partial charge in [-0.05, 0) is 19.1 Å². The smallest absolute Gasteiger partial charge is 0.456 e. The van der Waals surface area contributed by atoms with Gasteiger partial charge >= 0.3 is 12.1 Å². The normalized spacial score (nSPS) is 12.8. The lowest BCUT2D eigenvalue weighted by Gasteiger charge is -2.19. The molecule has 0 bridgehead atoms. The molecule has 0 spiro atoms.